The van der Waals surface area contributed by atoms with Crippen molar-refractivity contribution in [3.63, 3.8) is 0 Å². The number of carbonyl (C=O) groups is 1. The summed E-state index contributed by atoms with van der Waals surface area (Å²) in [6, 6.07) is 11.4. The number of carbonyl (C=O) groups excluding carboxylic acids is 1. The molecule has 0 saturated heterocycles. The Morgan fingerprint density at radius 2 is 1.88 bits per heavy atom. The van der Waals surface area contributed by atoms with Crippen molar-refractivity contribution >= 4 is 43.8 Å². The maximum Gasteiger partial charge on any atom is 0.332 e. The fourth-order valence-corrected chi connectivity index (χ4v) is 4.91. The van der Waals surface area contributed by atoms with Crippen molar-refractivity contribution in [3.05, 3.63) is 81.0 Å². The smallest absolute Gasteiger partial charge is 0.315 e. The molecule has 4 heterocycles. The van der Waals surface area contributed by atoms with Crippen LogP contribution in [-0.4, -0.2) is 34.6 Å². The minimum atomic E-state index is -0.504. The van der Waals surface area contributed by atoms with Crippen LogP contribution in [0.2, 0.25) is 0 Å². The van der Waals surface area contributed by atoms with Gasteiger partial charge in [-0.2, -0.15) is 0 Å². The molecule has 0 radical (unpaired) electrons. The summed E-state index contributed by atoms with van der Waals surface area (Å²) in [6.45, 7) is 2.06. The van der Waals surface area contributed by atoms with Gasteiger partial charge in [-0.3, -0.25) is 28.6 Å². The van der Waals surface area contributed by atoms with Crippen LogP contribution in [0.5, 0.6) is 0 Å². The number of pyridine rings is 1. The molecule has 0 atom stereocenters. The third-order valence-corrected chi connectivity index (χ3v) is 6.75. The third kappa shape index (κ3) is 3.59. The molecule has 1 amide bonds. The molecule has 0 unspecified atom stereocenters. The van der Waals surface area contributed by atoms with E-state index in [1.165, 1.54) is 33.8 Å². The number of nitrogens with zero attached hydrogens (tertiary/aromatic N) is 7. The lowest BCUT2D eigenvalue weighted by Gasteiger charge is -2.20. The molecule has 0 fully saturated rings. The first-order chi connectivity index (χ1) is 16.3. The molecule has 11 heteroatoms. The van der Waals surface area contributed by atoms with Gasteiger partial charge in [-0.15, -0.1) is 0 Å². The van der Waals surface area contributed by atoms with E-state index in [9.17, 15) is 14.4 Å². The molecule has 0 saturated carbocycles. The number of rotatable bonds is 5. The van der Waals surface area contributed by atoms with Gasteiger partial charge in [-0.1, -0.05) is 29.5 Å². The van der Waals surface area contributed by atoms with Gasteiger partial charge >= 0.3 is 5.69 Å². The molecule has 5 aromatic rings. The van der Waals surface area contributed by atoms with E-state index >= 15 is 0 Å². The number of fused-ring (bicyclic) bond motifs is 2. The Balaban J connectivity index is 1.58. The van der Waals surface area contributed by atoms with E-state index in [2.05, 4.69) is 9.97 Å². The highest BCUT2D eigenvalue weighted by molar-refractivity contribution is 7.22. The molecule has 172 valence electrons. The average molecular weight is 476 g/mol. The Morgan fingerprint density at radius 1 is 1.06 bits per heavy atom. The maximum atomic E-state index is 13.6. The van der Waals surface area contributed by atoms with Gasteiger partial charge in [-0.05, 0) is 30.7 Å². The molecule has 1 aromatic carbocycles. The van der Waals surface area contributed by atoms with Crippen molar-refractivity contribution in [2.45, 2.75) is 20.0 Å². The molecule has 0 aliphatic heterocycles. The quantitative estimate of drug-likeness (QED) is 0.385. The van der Waals surface area contributed by atoms with Crippen molar-refractivity contribution in [1.82, 2.24) is 28.7 Å². The summed E-state index contributed by atoms with van der Waals surface area (Å²) in [5.41, 5.74) is 2.02. The van der Waals surface area contributed by atoms with Crippen LogP contribution in [0.3, 0.4) is 0 Å². The molecular formula is C23H21N7O3S. The van der Waals surface area contributed by atoms with Gasteiger partial charge in [0.15, 0.2) is 16.3 Å². The number of anilines is 1. The Labute approximate surface area is 197 Å². The molecule has 4 aromatic heterocycles. The number of hydrogen-bond donors (Lipinski definition) is 0. The van der Waals surface area contributed by atoms with Crippen molar-refractivity contribution in [2.24, 2.45) is 14.1 Å². The van der Waals surface area contributed by atoms with Crippen LogP contribution in [0.25, 0.3) is 21.4 Å². The second-order valence-corrected chi connectivity index (χ2v) is 8.98. The maximum absolute atomic E-state index is 13.6. The van der Waals surface area contributed by atoms with Crippen LogP contribution in [0.4, 0.5) is 5.13 Å². The zero-order valence-electron chi connectivity index (χ0n) is 18.8. The van der Waals surface area contributed by atoms with Crippen LogP contribution in [-0.2, 0) is 32.0 Å². The predicted molar refractivity (Wildman–Crippen MR) is 130 cm³/mol. The first-order valence-electron chi connectivity index (χ1n) is 10.5. The summed E-state index contributed by atoms with van der Waals surface area (Å²) in [7, 11) is 2.94. The minimum absolute atomic E-state index is 0.147. The zero-order chi connectivity index (χ0) is 24.0. The van der Waals surface area contributed by atoms with Crippen molar-refractivity contribution in [3.8, 4) is 0 Å². The van der Waals surface area contributed by atoms with Crippen LogP contribution in [0, 0.1) is 6.92 Å². The normalized spacial score (nSPS) is 11.4. The Kier molecular flexibility index (Phi) is 5.33. The third-order valence-electron chi connectivity index (χ3n) is 5.71. The molecule has 5 rings (SSSR count). The first-order valence-corrected chi connectivity index (χ1v) is 11.3. The lowest BCUT2D eigenvalue weighted by Crippen LogP contribution is -2.38. The van der Waals surface area contributed by atoms with Crippen molar-refractivity contribution < 1.29 is 4.79 Å². The fourth-order valence-electron chi connectivity index (χ4n) is 3.85. The molecular weight excluding hydrogens is 454 g/mol. The molecule has 0 aliphatic rings. The Hall–Kier alpha value is -4.12. The monoisotopic (exact) mass is 475 g/mol. The average Bonchev–Trinajstić information content (AvgIpc) is 3.46. The summed E-state index contributed by atoms with van der Waals surface area (Å²) < 4.78 is 4.75. The molecule has 10 nitrogen and oxygen atoms in total. The first kappa shape index (κ1) is 21.7. The lowest BCUT2D eigenvalue weighted by atomic mass is 10.2. The Morgan fingerprint density at radius 3 is 2.62 bits per heavy atom. The summed E-state index contributed by atoms with van der Waals surface area (Å²) in [5.74, 6) is -0.280. The minimum Gasteiger partial charge on any atom is -0.315 e. The predicted octanol–water partition coefficient (Wildman–Crippen LogP) is 1.98. The van der Waals surface area contributed by atoms with E-state index in [1.807, 2.05) is 43.3 Å². The van der Waals surface area contributed by atoms with E-state index < -0.39 is 11.2 Å². The largest absolute Gasteiger partial charge is 0.332 e. The van der Waals surface area contributed by atoms with Gasteiger partial charge in [0.25, 0.3) is 5.56 Å². The van der Waals surface area contributed by atoms with Crippen LogP contribution in [0.1, 0.15) is 11.3 Å². The number of thiazole rings is 1. The van der Waals surface area contributed by atoms with E-state index in [0.717, 1.165) is 20.3 Å². The SMILES string of the molecule is Cc1cccc2sc(N(Cc3ccccn3)C(=O)Cn3cnc4c3c(=O)n(C)c(=O)n4C)nc12. The zero-order valence-corrected chi connectivity index (χ0v) is 19.6. The fraction of sp³-hybridized carbons (Fsp3) is 0.217. The van der Waals surface area contributed by atoms with E-state index in [-0.39, 0.29) is 30.2 Å². The number of amides is 1. The van der Waals surface area contributed by atoms with Crippen LogP contribution < -0.4 is 16.1 Å². The van der Waals surface area contributed by atoms with Crippen LogP contribution in [0.15, 0.2) is 58.5 Å². The number of aryl methyl sites for hydroxylation is 2. The summed E-state index contributed by atoms with van der Waals surface area (Å²) in [5, 5.41) is 0.546. The molecule has 0 aliphatic carbocycles. The second-order valence-electron chi connectivity index (χ2n) is 7.97. The summed E-state index contributed by atoms with van der Waals surface area (Å²) in [4.78, 5) is 53.5. The number of aromatic nitrogens is 6. The number of hydrogen-bond acceptors (Lipinski definition) is 7. The molecule has 0 N–H and O–H groups in total. The van der Waals surface area contributed by atoms with Gasteiger partial charge in [0.05, 0.1) is 28.8 Å². The molecule has 0 spiro atoms. The van der Waals surface area contributed by atoms with Crippen molar-refractivity contribution in [1.29, 1.82) is 0 Å². The van der Waals surface area contributed by atoms with E-state index in [1.54, 1.807) is 18.1 Å². The van der Waals surface area contributed by atoms with Gasteiger partial charge in [0.2, 0.25) is 5.91 Å². The number of para-hydroxylation sites is 1. The number of benzene rings is 1. The lowest BCUT2D eigenvalue weighted by molar-refractivity contribution is -0.119. The Bertz CT molecular complexity index is 1660. The second kappa shape index (κ2) is 8.34. The standard InChI is InChI=1S/C23H21N7O3S/c1-14-7-6-9-16-18(14)26-22(34-16)30(11-15-8-4-5-10-24-15)17(31)12-29-13-25-20-19(29)21(32)28(3)23(33)27(20)2/h4-10,13H,11-12H2,1-3H3. The topological polar surface area (TPSA) is 108 Å². The summed E-state index contributed by atoms with van der Waals surface area (Å²) in [6.07, 6.45) is 3.08. The van der Waals surface area contributed by atoms with E-state index in [0.29, 0.717) is 10.8 Å². The molecule has 34 heavy (non-hydrogen) atoms. The summed E-state index contributed by atoms with van der Waals surface area (Å²) >= 11 is 1.42. The number of imidazole rings is 1. The van der Waals surface area contributed by atoms with Crippen molar-refractivity contribution in [2.75, 3.05) is 4.90 Å². The van der Waals surface area contributed by atoms with Gasteiger partial charge in [0, 0.05) is 20.3 Å². The highest BCUT2D eigenvalue weighted by Crippen LogP contribution is 2.31. The van der Waals surface area contributed by atoms with Crippen LogP contribution >= 0.6 is 11.3 Å². The van der Waals surface area contributed by atoms with Gasteiger partial charge in [0.1, 0.15) is 6.54 Å². The highest BCUT2D eigenvalue weighted by atomic mass is 32.1. The van der Waals surface area contributed by atoms with Gasteiger partial charge < -0.3 is 4.57 Å². The van der Waals surface area contributed by atoms with E-state index in [4.69, 9.17) is 4.98 Å². The van der Waals surface area contributed by atoms with Gasteiger partial charge in [-0.25, -0.2) is 14.8 Å². The highest BCUT2D eigenvalue weighted by Gasteiger charge is 2.23. The molecule has 0 bridgehead atoms.